The van der Waals surface area contributed by atoms with E-state index in [0.717, 1.165) is 18.9 Å². The predicted molar refractivity (Wildman–Crippen MR) is 74.3 cm³/mol. The molecule has 2 rings (SSSR count). The zero-order chi connectivity index (χ0) is 13.0. The van der Waals surface area contributed by atoms with Gasteiger partial charge in [-0.15, -0.1) is 0 Å². The molecule has 0 bridgehead atoms. The molecule has 1 saturated heterocycles. The van der Waals surface area contributed by atoms with Gasteiger partial charge in [-0.3, -0.25) is 9.58 Å². The molecule has 1 aromatic heterocycles. The summed E-state index contributed by atoms with van der Waals surface area (Å²) < 4.78 is 2.03. The molecule has 0 radical (unpaired) electrons. The Kier molecular flexibility index (Phi) is 4.78. The Bertz CT molecular complexity index is 360. The van der Waals surface area contributed by atoms with Crippen molar-refractivity contribution >= 4 is 0 Å². The Balaban J connectivity index is 2.06. The number of likely N-dealkylation sites (tertiary alicyclic amines) is 1. The minimum Gasteiger partial charge on any atom is -0.329 e. The number of aromatic nitrogens is 2. The molecule has 0 aliphatic carbocycles. The molecule has 2 atom stereocenters. The molecule has 4 heteroatoms. The van der Waals surface area contributed by atoms with Crippen LogP contribution in [0.1, 0.15) is 44.7 Å². The molecule has 1 aliphatic rings. The molecule has 102 valence electrons. The molecule has 18 heavy (non-hydrogen) atoms. The first-order valence-corrected chi connectivity index (χ1v) is 7.21. The fourth-order valence-corrected chi connectivity index (χ4v) is 2.91. The van der Waals surface area contributed by atoms with Crippen molar-refractivity contribution in [2.45, 2.75) is 45.7 Å². The Morgan fingerprint density at radius 2 is 2.39 bits per heavy atom. The van der Waals surface area contributed by atoms with Crippen molar-refractivity contribution in [2.75, 3.05) is 19.6 Å². The second-order valence-corrected chi connectivity index (χ2v) is 5.53. The summed E-state index contributed by atoms with van der Waals surface area (Å²) in [6.07, 6.45) is 7.92. The van der Waals surface area contributed by atoms with Crippen LogP contribution in [-0.2, 0) is 6.54 Å². The number of nitrogens with two attached hydrogens (primary N) is 1. The highest BCUT2D eigenvalue weighted by Crippen LogP contribution is 2.25. The number of aryl methyl sites for hydroxylation is 1. The molecule has 2 unspecified atom stereocenters. The molecule has 2 heterocycles. The zero-order valence-electron chi connectivity index (χ0n) is 11.7. The summed E-state index contributed by atoms with van der Waals surface area (Å²) in [7, 11) is 0. The molecule has 0 spiro atoms. The summed E-state index contributed by atoms with van der Waals surface area (Å²) in [5, 5.41) is 4.42. The van der Waals surface area contributed by atoms with Crippen molar-refractivity contribution < 1.29 is 0 Å². The SMILES string of the molecule is CCCn1cc(C(CN)N2CCCC(C)C2)cn1. The Labute approximate surface area is 110 Å². The van der Waals surface area contributed by atoms with Gasteiger partial charge in [0.25, 0.3) is 0 Å². The molecule has 2 N–H and O–H groups in total. The molecule has 1 aromatic rings. The third kappa shape index (κ3) is 3.12. The summed E-state index contributed by atoms with van der Waals surface area (Å²) >= 11 is 0. The van der Waals surface area contributed by atoms with Crippen molar-refractivity contribution in [2.24, 2.45) is 11.7 Å². The lowest BCUT2D eigenvalue weighted by molar-refractivity contribution is 0.133. The second-order valence-electron chi connectivity index (χ2n) is 5.53. The van der Waals surface area contributed by atoms with E-state index >= 15 is 0 Å². The summed E-state index contributed by atoms with van der Waals surface area (Å²) in [5.74, 6) is 0.790. The number of piperidine rings is 1. The lowest BCUT2D eigenvalue weighted by Gasteiger charge is -2.36. The Hall–Kier alpha value is -0.870. The number of nitrogens with zero attached hydrogens (tertiary/aromatic N) is 3. The average Bonchev–Trinajstić information content (AvgIpc) is 2.79. The molecule has 4 nitrogen and oxygen atoms in total. The van der Waals surface area contributed by atoms with Crippen LogP contribution in [0.15, 0.2) is 12.4 Å². The van der Waals surface area contributed by atoms with E-state index in [4.69, 9.17) is 5.73 Å². The van der Waals surface area contributed by atoms with Gasteiger partial charge in [0.15, 0.2) is 0 Å². The van der Waals surface area contributed by atoms with Gasteiger partial charge in [0.05, 0.1) is 12.2 Å². The second kappa shape index (κ2) is 6.34. The number of hydrogen-bond donors (Lipinski definition) is 1. The number of hydrogen-bond acceptors (Lipinski definition) is 3. The molecule has 0 saturated carbocycles. The van der Waals surface area contributed by atoms with Gasteiger partial charge in [0.1, 0.15) is 0 Å². The fraction of sp³-hybridized carbons (Fsp3) is 0.786. The van der Waals surface area contributed by atoms with E-state index in [-0.39, 0.29) is 0 Å². The maximum Gasteiger partial charge on any atom is 0.0538 e. The maximum atomic E-state index is 5.99. The van der Waals surface area contributed by atoms with Crippen LogP contribution in [-0.4, -0.2) is 34.3 Å². The first-order valence-electron chi connectivity index (χ1n) is 7.21. The molecule has 0 aromatic carbocycles. The smallest absolute Gasteiger partial charge is 0.0538 e. The minimum atomic E-state index is 0.346. The quantitative estimate of drug-likeness (QED) is 0.869. The fourth-order valence-electron chi connectivity index (χ4n) is 2.91. The van der Waals surface area contributed by atoms with E-state index in [1.165, 1.54) is 31.5 Å². The van der Waals surface area contributed by atoms with Crippen LogP contribution in [0, 0.1) is 5.92 Å². The van der Waals surface area contributed by atoms with Gasteiger partial charge >= 0.3 is 0 Å². The van der Waals surface area contributed by atoms with E-state index in [1.807, 2.05) is 10.9 Å². The van der Waals surface area contributed by atoms with Crippen molar-refractivity contribution in [1.82, 2.24) is 14.7 Å². The van der Waals surface area contributed by atoms with Gasteiger partial charge in [-0.05, 0) is 31.7 Å². The van der Waals surface area contributed by atoms with Crippen LogP contribution < -0.4 is 5.73 Å². The van der Waals surface area contributed by atoms with Gasteiger partial charge in [-0.25, -0.2) is 0 Å². The highest BCUT2D eigenvalue weighted by Gasteiger charge is 2.24. The monoisotopic (exact) mass is 250 g/mol. The van der Waals surface area contributed by atoms with E-state index in [0.29, 0.717) is 12.6 Å². The molecule has 1 aliphatic heterocycles. The lowest BCUT2D eigenvalue weighted by atomic mass is 9.97. The molecular weight excluding hydrogens is 224 g/mol. The van der Waals surface area contributed by atoms with Crippen LogP contribution in [0.3, 0.4) is 0 Å². The summed E-state index contributed by atoms with van der Waals surface area (Å²) in [6, 6.07) is 0.346. The van der Waals surface area contributed by atoms with E-state index < -0.39 is 0 Å². The van der Waals surface area contributed by atoms with Gasteiger partial charge in [-0.1, -0.05) is 13.8 Å². The van der Waals surface area contributed by atoms with Gasteiger partial charge in [0, 0.05) is 31.4 Å². The third-order valence-electron chi connectivity index (χ3n) is 3.84. The topological polar surface area (TPSA) is 47.1 Å². The predicted octanol–water partition coefficient (Wildman–Crippen LogP) is 2.02. The van der Waals surface area contributed by atoms with Crippen molar-refractivity contribution in [3.63, 3.8) is 0 Å². The molecule has 1 fully saturated rings. The van der Waals surface area contributed by atoms with Crippen molar-refractivity contribution in [3.8, 4) is 0 Å². The van der Waals surface area contributed by atoms with E-state index in [9.17, 15) is 0 Å². The van der Waals surface area contributed by atoms with Crippen LogP contribution in [0.2, 0.25) is 0 Å². The third-order valence-corrected chi connectivity index (χ3v) is 3.84. The summed E-state index contributed by atoms with van der Waals surface area (Å²) in [5.41, 5.74) is 7.26. The van der Waals surface area contributed by atoms with E-state index in [1.54, 1.807) is 0 Å². The maximum absolute atomic E-state index is 5.99. The summed E-state index contributed by atoms with van der Waals surface area (Å²) in [4.78, 5) is 2.53. The van der Waals surface area contributed by atoms with Gasteiger partial charge in [-0.2, -0.15) is 5.10 Å². The largest absolute Gasteiger partial charge is 0.329 e. The van der Waals surface area contributed by atoms with Gasteiger partial charge in [0.2, 0.25) is 0 Å². The Morgan fingerprint density at radius 1 is 1.56 bits per heavy atom. The first-order chi connectivity index (χ1) is 8.74. The van der Waals surface area contributed by atoms with Gasteiger partial charge < -0.3 is 5.73 Å². The molecule has 0 amide bonds. The highest BCUT2D eigenvalue weighted by molar-refractivity contribution is 5.11. The van der Waals surface area contributed by atoms with Crippen molar-refractivity contribution in [1.29, 1.82) is 0 Å². The number of rotatable bonds is 5. The Morgan fingerprint density at radius 3 is 3.06 bits per heavy atom. The van der Waals surface area contributed by atoms with Crippen molar-refractivity contribution in [3.05, 3.63) is 18.0 Å². The van der Waals surface area contributed by atoms with Crippen LogP contribution in [0.5, 0.6) is 0 Å². The highest BCUT2D eigenvalue weighted by atomic mass is 15.3. The average molecular weight is 250 g/mol. The zero-order valence-corrected chi connectivity index (χ0v) is 11.7. The van der Waals surface area contributed by atoms with Crippen LogP contribution >= 0.6 is 0 Å². The first kappa shape index (κ1) is 13.6. The van der Waals surface area contributed by atoms with E-state index in [2.05, 4.69) is 30.0 Å². The van der Waals surface area contributed by atoms with Crippen LogP contribution in [0.4, 0.5) is 0 Å². The molecular formula is C14H26N4. The standard InChI is InChI=1S/C14H26N4/c1-3-6-18-11-13(9-16-18)14(8-15)17-7-4-5-12(2)10-17/h9,11-12,14H,3-8,10,15H2,1-2H3. The minimum absolute atomic E-state index is 0.346. The normalized spacial score (nSPS) is 23.2. The lowest BCUT2D eigenvalue weighted by Crippen LogP contribution is -2.40. The summed E-state index contributed by atoms with van der Waals surface area (Å²) in [6.45, 7) is 8.53. The van der Waals surface area contributed by atoms with Crippen LogP contribution in [0.25, 0.3) is 0 Å².